The molecule has 3 atom stereocenters. The Bertz CT molecular complexity index is 841. The van der Waals surface area contributed by atoms with Crippen molar-refractivity contribution in [3.05, 3.63) is 35.1 Å². The van der Waals surface area contributed by atoms with E-state index in [1.807, 2.05) is 0 Å². The molecule has 136 valence electrons. The molecule has 1 N–H and O–H groups in total. The first-order valence-corrected chi connectivity index (χ1v) is 9.02. The fraction of sp³-hybridized carbons (Fsp3) is 0.471. The van der Waals surface area contributed by atoms with Gasteiger partial charge >= 0.3 is 5.97 Å². The third-order valence-corrected chi connectivity index (χ3v) is 5.72. The fourth-order valence-electron chi connectivity index (χ4n) is 4.21. The number of aliphatic carboxylic acids is 1. The molecule has 1 aliphatic carbocycles. The molecule has 1 aromatic carbocycles. The maximum absolute atomic E-state index is 13.2. The largest absolute Gasteiger partial charge is 0.480 e. The van der Waals surface area contributed by atoms with Crippen molar-refractivity contribution in [2.45, 2.75) is 44.2 Å². The molecule has 0 spiro atoms. The summed E-state index contributed by atoms with van der Waals surface area (Å²) in [6, 6.07) is 4.10. The van der Waals surface area contributed by atoms with E-state index in [-0.39, 0.29) is 22.9 Å². The third-order valence-electron chi connectivity index (χ3n) is 5.40. The Morgan fingerprint density at radius 3 is 2.73 bits per heavy atom. The van der Waals surface area contributed by atoms with Crippen molar-refractivity contribution in [2.24, 2.45) is 5.92 Å². The summed E-state index contributed by atoms with van der Waals surface area (Å²) in [5.74, 6) is -1.01. The summed E-state index contributed by atoms with van der Waals surface area (Å²) in [5.41, 5.74) is 0.935. The Hall–Kier alpha value is -2.48. The summed E-state index contributed by atoms with van der Waals surface area (Å²) in [5, 5.41) is 20.8. The molecule has 2 aromatic rings. The Kier molecular flexibility index (Phi) is 4.36. The number of carbonyl (C=O) groups is 2. The molecule has 1 aromatic heterocycles. The van der Waals surface area contributed by atoms with Crippen molar-refractivity contribution in [3.63, 3.8) is 0 Å². The molecule has 1 aliphatic heterocycles. The van der Waals surface area contributed by atoms with Crippen LogP contribution in [0.2, 0.25) is 5.02 Å². The van der Waals surface area contributed by atoms with Crippen LogP contribution in [0.1, 0.15) is 42.5 Å². The summed E-state index contributed by atoms with van der Waals surface area (Å²) in [6.07, 6.45) is 5.89. The van der Waals surface area contributed by atoms with E-state index < -0.39 is 12.0 Å². The predicted octanol–water partition coefficient (Wildman–Crippen LogP) is 2.17. The molecule has 0 unspecified atom stereocenters. The zero-order chi connectivity index (χ0) is 18.3. The van der Waals surface area contributed by atoms with E-state index in [4.69, 9.17) is 11.6 Å². The maximum Gasteiger partial charge on any atom is 0.326 e. The first kappa shape index (κ1) is 17.0. The molecule has 2 heterocycles. The highest BCUT2D eigenvalue weighted by atomic mass is 35.5. The number of aromatic nitrogens is 4. The summed E-state index contributed by atoms with van der Waals surface area (Å²) >= 11 is 6.35. The number of hydrogen-bond acceptors (Lipinski definition) is 5. The SMILES string of the molecule is O=C(O)[C@@H]1C[C@H]2CCCC[C@@H]2N1C(=O)c1ccc(-n2cnnn2)cc1Cl. The number of benzene rings is 1. The van der Waals surface area contributed by atoms with Crippen molar-refractivity contribution in [1.82, 2.24) is 25.1 Å². The van der Waals surface area contributed by atoms with E-state index in [2.05, 4.69) is 15.5 Å². The predicted molar refractivity (Wildman–Crippen MR) is 92.1 cm³/mol. The zero-order valence-electron chi connectivity index (χ0n) is 14.0. The highest BCUT2D eigenvalue weighted by Gasteiger charge is 2.47. The van der Waals surface area contributed by atoms with E-state index >= 15 is 0 Å². The molecule has 1 saturated heterocycles. The lowest BCUT2D eigenvalue weighted by molar-refractivity contribution is -0.141. The van der Waals surface area contributed by atoms with Gasteiger partial charge in [0.2, 0.25) is 0 Å². The molecular weight excluding hydrogens is 358 g/mol. The molecular formula is C17H18ClN5O3. The van der Waals surface area contributed by atoms with Crippen LogP contribution >= 0.6 is 11.6 Å². The molecule has 1 amide bonds. The minimum Gasteiger partial charge on any atom is -0.480 e. The lowest BCUT2D eigenvalue weighted by Crippen LogP contribution is -2.46. The Morgan fingerprint density at radius 2 is 2.04 bits per heavy atom. The van der Waals surface area contributed by atoms with Gasteiger partial charge in [0, 0.05) is 6.04 Å². The van der Waals surface area contributed by atoms with Gasteiger partial charge in [-0.25, -0.2) is 9.48 Å². The molecule has 2 aliphatic rings. The number of tetrazole rings is 1. The van der Waals surface area contributed by atoms with Crippen molar-refractivity contribution >= 4 is 23.5 Å². The topological polar surface area (TPSA) is 101 Å². The Balaban J connectivity index is 1.66. The van der Waals surface area contributed by atoms with Gasteiger partial charge in [-0.05, 0) is 53.8 Å². The number of carbonyl (C=O) groups excluding carboxylic acids is 1. The lowest BCUT2D eigenvalue weighted by Gasteiger charge is -2.33. The van der Waals surface area contributed by atoms with Crippen LogP contribution in [0.4, 0.5) is 0 Å². The van der Waals surface area contributed by atoms with Gasteiger partial charge in [0.15, 0.2) is 0 Å². The average Bonchev–Trinajstić information content (AvgIpc) is 3.29. The quantitative estimate of drug-likeness (QED) is 0.882. The maximum atomic E-state index is 13.2. The number of amides is 1. The minimum atomic E-state index is -0.950. The summed E-state index contributed by atoms with van der Waals surface area (Å²) in [4.78, 5) is 26.4. The molecule has 9 heteroatoms. The number of fused-ring (bicyclic) bond motifs is 1. The normalized spacial score (nSPS) is 25.1. The summed E-state index contributed by atoms with van der Waals surface area (Å²) in [7, 11) is 0. The Labute approximate surface area is 154 Å². The minimum absolute atomic E-state index is 0.0207. The van der Waals surface area contributed by atoms with Crippen molar-refractivity contribution in [2.75, 3.05) is 0 Å². The lowest BCUT2D eigenvalue weighted by atomic mass is 9.84. The second-order valence-electron chi connectivity index (χ2n) is 6.83. The average molecular weight is 376 g/mol. The molecule has 0 radical (unpaired) electrons. The number of nitrogens with zero attached hydrogens (tertiary/aromatic N) is 5. The van der Waals surface area contributed by atoms with Crippen LogP contribution in [0, 0.1) is 5.92 Å². The van der Waals surface area contributed by atoms with E-state index in [1.165, 1.54) is 11.0 Å². The van der Waals surface area contributed by atoms with Crippen LogP contribution in [-0.4, -0.2) is 54.2 Å². The number of rotatable bonds is 3. The van der Waals surface area contributed by atoms with E-state index in [0.29, 0.717) is 17.7 Å². The molecule has 26 heavy (non-hydrogen) atoms. The van der Waals surface area contributed by atoms with Crippen LogP contribution in [-0.2, 0) is 4.79 Å². The first-order valence-electron chi connectivity index (χ1n) is 8.64. The van der Waals surface area contributed by atoms with Crippen LogP contribution in [0.15, 0.2) is 24.5 Å². The summed E-state index contributed by atoms with van der Waals surface area (Å²) < 4.78 is 1.44. The van der Waals surface area contributed by atoms with Crippen molar-refractivity contribution < 1.29 is 14.7 Å². The van der Waals surface area contributed by atoms with Gasteiger partial charge in [0.25, 0.3) is 5.91 Å². The van der Waals surface area contributed by atoms with E-state index in [9.17, 15) is 14.7 Å². The van der Waals surface area contributed by atoms with Gasteiger partial charge in [-0.1, -0.05) is 24.4 Å². The second-order valence-corrected chi connectivity index (χ2v) is 7.24. The third kappa shape index (κ3) is 2.84. The monoisotopic (exact) mass is 375 g/mol. The number of carboxylic acid groups (broad SMARTS) is 1. The van der Waals surface area contributed by atoms with Crippen LogP contribution in [0.3, 0.4) is 0 Å². The highest BCUT2D eigenvalue weighted by molar-refractivity contribution is 6.34. The van der Waals surface area contributed by atoms with Crippen LogP contribution in [0.5, 0.6) is 0 Å². The molecule has 2 fully saturated rings. The van der Waals surface area contributed by atoms with E-state index in [0.717, 1.165) is 25.7 Å². The fourth-order valence-corrected chi connectivity index (χ4v) is 4.47. The van der Waals surface area contributed by atoms with Crippen LogP contribution in [0.25, 0.3) is 5.69 Å². The Morgan fingerprint density at radius 1 is 1.23 bits per heavy atom. The molecule has 8 nitrogen and oxygen atoms in total. The number of hydrogen-bond donors (Lipinski definition) is 1. The zero-order valence-corrected chi connectivity index (χ0v) is 14.7. The van der Waals surface area contributed by atoms with Crippen molar-refractivity contribution in [3.8, 4) is 5.69 Å². The number of halogens is 1. The van der Waals surface area contributed by atoms with E-state index in [1.54, 1.807) is 23.1 Å². The van der Waals surface area contributed by atoms with Crippen LogP contribution < -0.4 is 0 Å². The number of likely N-dealkylation sites (tertiary alicyclic amines) is 1. The smallest absolute Gasteiger partial charge is 0.326 e. The van der Waals surface area contributed by atoms with Gasteiger partial charge in [0.1, 0.15) is 12.4 Å². The van der Waals surface area contributed by atoms with Gasteiger partial charge in [-0.15, -0.1) is 5.10 Å². The standard InChI is InChI=1S/C17H18ClN5O3/c18-13-8-11(22-9-19-20-21-22)5-6-12(13)16(24)23-14-4-2-1-3-10(14)7-15(23)17(25)26/h5-6,8-10,14-15H,1-4,7H2,(H,25,26)/t10-,14+,15+/m1/s1. The van der Waals surface area contributed by atoms with Gasteiger partial charge in [-0.2, -0.15) is 0 Å². The van der Waals surface area contributed by atoms with Gasteiger partial charge in [0.05, 0.1) is 16.3 Å². The van der Waals surface area contributed by atoms with Gasteiger partial charge in [-0.3, -0.25) is 4.79 Å². The van der Waals surface area contributed by atoms with Crippen molar-refractivity contribution in [1.29, 1.82) is 0 Å². The summed E-state index contributed by atoms with van der Waals surface area (Å²) in [6.45, 7) is 0. The molecule has 1 saturated carbocycles. The second kappa shape index (κ2) is 6.68. The molecule has 0 bridgehead atoms. The molecule has 4 rings (SSSR count). The first-order chi connectivity index (χ1) is 12.6. The number of carboxylic acids is 1. The highest BCUT2D eigenvalue weighted by Crippen LogP contribution is 2.41. The van der Waals surface area contributed by atoms with Gasteiger partial charge < -0.3 is 10.0 Å².